The molecule has 0 aliphatic rings. The molecule has 0 unspecified atom stereocenters. The van der Waals surface area contributed by atoms with E-state index >= 15 is 0 Å². The van der Waals surface area contributed by atoms with Crippen molar-refractivity contribution in [2.45, 2.75) is 12.5 Å². The lowest BCUT2D eigenvalue weighted by molar-refractivity contribution is -0.139. The number of carbonyl (C=O) groups is 2. The Labute approximate surface area is 185 Å². The quantitative estimate of drug-likeness (QED) is 0.381. The highest BCUT2D eigenvalue weighted by molar-refractivity contribution is 9.10. The van der Waals surface area contributed by atoms with Gasteiger partial charge in [-0.1, -0.05) is 63.9 Å². The molecule has 0 fully saturated rings. The first-order valence-electron chi connectivity index (χ1n) is 9.19. The number of nitrogens with one attached hydrogen (secondary N) is 1. The Hall–Kier alpha value is -2.96. The molecule has 0 bridgehead atoms. The number of hydrogen-bond acceptors (Lipinski definition) is 3. The van der Waals surface area contributed by atoms with Gasteiger partial charge in [0.15, 0.2) is 0 Å². The van der Waals surface area contributed by atoms with Gasteiger partial charge in [-0.2, -0.15) is 0 Å². The number of carboxylic acids is 1. The number of pyridine rings is 1. The smallest absolute Gasteiger partial charge is 0.326 e. The summed E-state index contributed by atoms with van der Waals surface area (Å²) < 4.78 is 0.729. The molecule has 4 aromatic rings. The van der Waals surface area contributed by atoms with Gasteiger partial charge in [0.2, 0.25) is 0 Å². The molecule has 0 saturated heterocycles. The summed E-state index contributed by atoms with van der Waals surface area (Å²) >= 11 is 9.46. The van der Waals surface area contributed by atoms with Gasteiger partial charge in [0.05, 0.1) is 16.6 Å². The van der Waals surface area contributed by atoms with Crippen molar-refractivity contribution >= 4 is 61.2 Å². The van der Waals surface area contributed by atoms with E-state index in [1.165, 1.54) is 0 Å². The van der Waals surface area contributed by atoms with Crippen molar-refractivity contribution in [2.24, 2.45) is 0 Å². The van der Waals surface area contributed by atoms with Gasteiger partial charge in [0, 0.05) is 26.7 Å². The van der Waals surface area contributed by atoms with Gasteiger partial charge in [-0.05, 0) is 35.9 Å². The molecule has 0 aliphatic heterocycles. The molecule has 0 saturated carbocycles. The zero-order valence-corrected chi connectivity index (χ0v) is 17.9. The molecule has 1 amide bonds. The molecule has 0 spiro atoms. The van der Waals surface area contributed by atoms with Crippen LogP contribution in [0, 0.1) is 0 Å². The number of carbonyl (C=O) groups excluding carboxylic acids is 1. The van der Waals surface area contributed by atoms with Crippen LogP contribution in [0.1, 0.15) is 15.9 Å². The van der Waals surface area contributed by atoms with Crippen molar-refractivity contribution in [3.63, 3.8) is 0 Å². The van der Waals surface area contributed by atoms with Gasteiger partial charge in [-0.3, -0.25) is 4.79 Å². The summed E-state index contributed by atoms with van der Waals surface area (Å²) in [6, 6.07) is 18.7. The van der Waals surface area contributed by atoms with Crippen LogP contribution in [0.25, 0.3) is 21.8 Å². The number of fused-ring (bicyclic) bond motifs is 2. The summed E-state index contributed by atoms with van der Waals surface area (Å²) in [5, 5.41) is 14.3. The minimum Gasteiger partial charge on any atom is -0.480 e. The normalized spacial score (nSPS) is 12.1. The summed E-state index contributed by atoms with van der Waals surface area (Å²) in [4.78, 5) is 29.8. The van der Waals surface area contributed by atoms with E-state index in [1.54, 1.807) is 18.2 Å². The van der Waals surface area contributed by atoms with E-state index in [-0.39, 0.29) is 6.42 Å². The molecular formula is C23H16BrClN2O3. The molecule has 1 heterocycles. The lowest BCUT2D eigenvalue weighted by Crippen LogP contribution is -2.42. The molecule has 3 aromatic carbocycles. The third-order valence-electron chi connectivity index (χ3n) is 4.85. The monoisotopic (exact) mass is 482 g/mol. The number of rotatable bonds is 5. The Morgan fingerprint density at radius 3 is 2.20 bits per heavy atom. The average molecular weight is 484 g/mol. The van der Waals surface area contributed by atoms with E-state index < -0.39 is 17.9 Å². The zero-order chi connectivity index (χ0) is 21.3. The number of aliphatic carboxylic acids is 1. The average Bonchev–Trinajstić information content (AvgIpc) is 2.73. The van der Waals surface area contributed by atoms with E-state index in [0.29, 0.717) is 38.0 Å². The van der Waals surface area contributed by atoms with E-state index in [1.807, 2.05) is 48.5 Å². The number of carboxylic acid groups (broad SMARTS) is 1. The van der Waals surface area contributed by atoms with Gasteiger partial charge < -0.3 is 10.4 Å². The number of nitrogens with zero attached hydrogens (tertiary/aromatic N) is 1. The van der Waals surface area contributed by atoms with Gasteiger partial charge in [0.1, 0.15) is 6.04 Å². The van der Waals surface area contributed by atoms with Crippen LogP contribution in [0.15, 0.2) is 71.2 Å². The first-order valence-corrected chi connectivity index (χ1v) is 10.4. The minimum atomic E-state index is -1.13. The Bertz CT molecular complexity index is 1240. The highest BCUT2D eigenvalue weighted by Gasteiger charge is 2.24. The number of benzene rings is 3. The standard InChI is InChI=1S/C23H16BrClN2O3/c24-17-10-9-14(25)11-13(17)12-20(23(29)30)27-22(28)21-15-5-1-3-7-18(15)26-19-8-4-2-6-16(19)21/h1-11,20H,12H2,(H,27,28)(H,29,30)/t20-/m1/s1. The predicted molar refractivity (Wildman–Crippen MR) is 121 cm³/mol. The van der Waals surface area contributed by atoms with Crippen molar-refractivity contribution in [3.05, 3.63) is 87.4 Å². The van der Waals surface area contributed by atoms with Crippen LogP contribution >= 0.6 is 27.5 Å². The second kappa shape index (κ2) is 8.42. The highest BCUT2D eigenvalue weighted by Crippen LogP contribution is 2.27. The third-order valence-corrected chi connectivity index (χ3v) is 5.86. The Kier molecular flexibility index (Phi) is 5.70. The van der Waals surface area contributed by atoms with E-state index in [4.69, 9.17) is 11.6 Å². The van der Waals surface area contributed by atoms with Gasteiger partial charge in [-0.25, -0.2) is 9.78 Å². The van der Waals surface area contributed by atoms with Crippen molar-refractivity contribution in [2.75, 3.05) is 0 Å². The second-order valence-corrected chi connectivity index (χ2v) is 8.12. The molecule has 1 aromatic heterocycles. The lowest BCUT2D eigenvalue weighted by Gasteiger charge is -2.17. The first kappa shape index (κ1) is 20.3. The van der Waals surface area contributed by atoms with Crippen molar-refractivity contribution < 1.29 is 14.7 Å². The fourth-order valence-electron chi connectivity index (χ4n) is 3.43. The number of para-hydroxylation sites is 2. The number of halogens is 2. The first-order chi connectivity index (χ1) is 14.4. The van der Waals surface area contributed by atoms with Crippen molar-refractivity contribution in [1.82, 2.24) is 10.3 Å². The molecule has 7 heteroatoms. The fourth-order valence-corrected chi connectivity index (χ4v) is 4.04. The van der Waals surface area contributed by atoms with Crippen molar-refractivity contribution in [3.8, 4) is 0 Å². The predicted octanol–water partition coefficient (Wildman–Crippen LogP) is 5.23. The van der Waals surface area contributed by atoms with Crippen LogP contribution in [0.2, 0.25) is 5.02 Å². The van der Waals surface area contributed by atoms with Crippen LogP contribution in [0.5, 0.6) is 0 Å². The Morgan fingerprint density at radius 1 is 1.00 bits per heavy atom. The lowest BCUT2D eigenvalue weighted by atomic mass is 10.0. The summed E-state index contributed by atoms with van der Waals surface area (Å²) in [6.45, 7) is 0. The molecule has 150 valence electrons. The summed E-state index contributed by atoms with van der Waals surface area (Å²) in [7, 11) is 0. The van der Waals surface area contributed by atoms with Crippen LogP contribution in [-0.2, 0) is 11.2 Å². The van der Waals surface area contributed by atoms with E-state index in [2.05, 4.69) is 26.2 Å². The van der Waals surface area contributed by atoms with Crippen LogP contribution < -0.4 is 5.32 Å². The topological polar surface area (TPSA) is 79.3 Å². The Balaban J connectivity index is 1.75. The fraction of sp³-hybridized carbons (Fsp3) is 0.0870. The van der Waals surface area contributed by atoms with Crippen molar-refractivity contribution in [1.29, 1.82) is 0 Å². The Morgan fingerprint density at radius 2 is 1.60 bits per heavy atom. The number of amides is 1. The summed E-state index contributed by atoms with van der Waals surface area (Å²) in [6.07, 6.45) is 0.0865. The molecule has 1 atom stereocenters. The molecule has 4 rings (SSSR count). The molecule has 5 nitrogen and oxygen atoms in total. The maximum atomic E-state index is 13.3. The van der Waals surface area contributed by atoms with E-state index in [0.717, 1.165) is 4.47 Å². The largest absolute Gasteiger partial charge is 0.480 e. The van der Waals surface area contributed by atoms with Gasteiger partial charge >= 0.3 is 5.97 Å². The van der Waals surface area contributed by atoms with Crippen LogP contribution in [0.4, 0.5) is 0 Å². The summed E-state index contributed by atoms with van der Waals surface area (Å²) in [5.74, 6) is -1.59. The maximum Gasteiger partial charge on any atom is 0.326 e. The molecule has 0 aliphatic carbocycles. The maximum absolute atomic E-state index is 13.3. The zero-order valence-electron chi connectivity index (χ0n) is 15.6. The molecular weight excluding hydrogens is 468 g/mol. The SMILES string of the molecule is O=C(N[C@H](Cc1cc(Cl)ccc1Br)C(=O)O)c1c2ccccc2nc2ccccc12. The van der Waals surface area contributed by atoms with Crippen LogP contribution in [-0.4, -0.2) is 28.0 Å². The summed E-state index contributed by atoms with van der Waals surface area (Å²) in [5.41, 5.74) is 2.45. The van der Waals surface area contributed by atoms with E-state index in [9.17, 15) is 14.7 Å². The number of aromatic nitrogens is 1. The van der Waals surface area contributed by atoms with Gasteiger partial charge in [-0.15, -0.1) is 0 Å². The molecule has 30 heavy (non-hydrogen) atoms. The van der Waals surface area contributed by atoms with Crippen LogP contribution in [0.3, 0.4) is 0 Å². The molecule has 0 radical (unpaired) electrons. The highest BCUT2D eigenvalue weighted by atomic mass is 79.9. The number of hydrogen-bond donors (Lipinski definition) is 2. The molecule has 2 N–H and O–H groups in total. The third kappa shape index (κ3) is 4.01. The second-order valence-electron chi connectivity index (χ2n) is 6.83. The van der Waals surface area contributed by atoms with Gasteiger partial charge in [0.25, 0.3) is 5.91 Å². The minimum absolute atomic E-state index is 0.0865.